The summed E-state index contributed by atoms with van der Waals surface area (Å²) in [7, 11) is 0. The molecule has 1 amide bonds. The van der Waals surface area contributed by atoms with Crippen LogP contribution in [0, 0.1) is 0 Å². The molecule has 1 aliphatic heterocycles. The van der Waals surface area contributed by atoms with E-state index in [0.29, 0.717) is 6.54 Å². The Morgan fingerprint density at radius 1 is 1.80 bits per heavy atom. The Morgan fingerprint density at radius 3 is 3.13 bits per heavy atom. The molecular weight excluding hydrogens is 190 g/mol. The molecular formula is C11H21N3O. The van der Waals surface area contributed by atoms with Gasteiger partial charge in [0.2, 0.25) is 5.91 Å². The second-order valence-electron chi connectivity index (χ2n) is 4.11. The van der Waals surface area contributed by atoms with Gasteiger partial charge in [-0.05, 0) is 26.3 Å². The van der Waals surface area contributed by atoms with E-state index in [2.05, 4.69) is 16.8 Å². The number of carbonyl (C=O) groups is 1. The summed E-state index contributed by atoms with van der Waals surface area (Å²) in [5.41, 5.74) is 5.87. The lowest BCUT2D eigenvalue weighted by Crippen LogP contribution is -2.52. The van der Waals surface area contributed by atoms with Gasteiger partial charge in [-0.15, -0.1) is 6.58 Å². The quantitative estimate of drug-likeness (QED) is 0.648. The highest BCUT2D eigenvalue weighted by atomic mass is 16.2. The monoisotopic (exact) mass is 211 g/mol. The van der Waals surface area contributed by atoms with Crippen LogP contribution < -0.4 is 11.1 Å². The molecule has 86 valence electrons. The summed E-state index contributed by atoms with van der Waals surface area (Å²) in [6, 6.07) is 0.129. The fraction of sp³-hybridized carbons (Fsp3) is 0.727. The number of rotatable bonds is 4. The highest BCUT2D eigenvalue weighted by Crippen LogP contribution is 2.11. The van der Waals surface area contributed by atoms with Crippen molar-refractivity contribution in [3.63, 3.8) is 0 Å². The van der Waals surface area contributed by atoms with Crippen LogP contribution in [-0.2, 0) is 4.79 Å². The SMILES string of the molecule is C=CCNC(=O)C(C)N1CCC[C@@H](N)C1. The van der Waals surface area contributed by atoms with Crippen molar-refractivity contribution in [3.8, 4) is 0 Å². The average molecular weight is 211 g/mol. The van der Waals surface area contributed by atoms with Gasteiger partial charge in [0.05, 0.1) is 6.04 Å². The lowest BCUT2D eigenvalue weighted by molar-refractivity contribution is -0.126. The van der Waals surface area contributed by atoms with Crippen molar-refractivity contribution in [1.82, 2.24) is 10.2 Å². The minimum atomic E-state index is -0.0868. The lowest BCUT2D eigenvalue weighted by atomic mass is 10.0. The number of amides is 1. The molecule has 0 radical (unpaired) electrons. The van der Waals surface area contributed by atoms with Gasteiger partial charge in [-0.25, -0.2) is 0 Å². The first-order chi connectivity index (χ1) is 7.15. The number of nitrogens with zero attached hydrogens (tertiary/aromatic N) is 1. The third kappa shape index (κ3) is 3.64. The van der Waals surface area contributed by atoms with Gasteiger partial charge in [0.15, 0.2) is 0 Å². The van der Waals surface area contributed by atoms with E-state index in [1.165, 1.54) is 0 Å². The van der Waals surface area contributed by atoms with Crippen LogP contribution in [0.25, 0.3) is 0 Å². The van der Waals surface area contributed by atoms with Crippen molar-refractivity contribution in [1.29, 1.82) is 0 Å². The standard InChI is InChI=1S/C11H21N3O/c1-3-6-13-11(15)9(2)14-7-4-5-10(12)8-14/h3,9-10H,1,4-8,12H2,2H3,(H,13,15)/t9?,10-/m1/s1. The molecule has 2 atom stereocenters. The Kier molecular flexibility index (Phi) is 4.78. The minimum Gasteiger partial charge on any atom is -0.351 e. The molecule has 1 aliphatic rings. The number of piperidine rings is 1. The number of nitrogens with two attached hydrogens (primary N) is 1. The molecule has 0 bridgehead atoms. The van der Waals surface area contributed by atoms with Crippen LogP contribution in [0.1, 0.15) is 19.8 Å². The first kappa shape index (κ1) is 12.2. The van der Waals surface area contributed by atoms with E-state index in [0.717, 1.165) is 25.9 Å². The first-order valence-corrected chi connectivity index (χ1v) is 5.53. The van der Waals surface area contributed by atoms with E-state index >= 15 is 0 Å². The molecule has 1 saturated heterocycles. The van der Waals surface area contributed by atoms with Crippen LogP contribution >= 0.6 is 0 Å². The smallest absolute Gasteiger partial charge is 0.237 e. The molecule has 15 heavy (non-hydrogen) atoms. The van der Waals surface area contributed by atoms with Crippen molar-refractivity contribution in [3.05, 3.63) is 12.7 Å². The normalized spacial score (nSPS) is 24.5. The summed E-state index contributed by atoms with van der Waals surface area (Å²) in [4.78, 5) is 13.8. The molecule has 0 aromatic carbocycles. The third-order valence-corrected chi connectivity index (χ3v) is 2.84. The summed E-state index contributed by atoms with van der Waals surface area (Å²) >= 11 is 0. The zero-order chi connectivity index (χ0) is 11.3. The predicted octanol–water partition coefficient (Wildman–Crippen LogP) is 0.100. The molecule has 0 spiro atoms. The van der Waals surface area contributed by atoms with E-state index in [1.807, 2.05) is 6.92 Å². The van der Waals surface area contributed by atoms with Crippen LogP contribution in [0.15, 0.2) is 12.7 Å². The summed E-state index contributed by atoms with van der Waals surface area (Å²) in [5.74, 6) is 0.0593. The molecule has 0 aromatic heterocycles. The number of likely N-dealkylation sites (tertiary alicyclic amines) is 1. The molecule has 4 heteroatoms. The number of hydrogen-bond acceptors (Lipinski definition) is 3. The van der Waals surface area contributed by atoms with E-state index < -0.39 is 0 Å². The van der Waals surface area contributed by atoms with Gasteiger partial charge in [0.1, 0.15) is 0 Å². The van der Waals surface area contributed by atoms with Gasteiger partial charge < -0.3 is 11.1 Å². The van der Waals surface area contributed by atoms with Gasteiger partial charge in [-0.1, -0.05) is 6.08 Å². The van der Waals surface area contributed by atoms with Crippen LogP contribution in [-0.4, -0.2) is 42.5 Å². The largest absolute Gasteiger partial charge is 0.351 e. The van der Waals surface area contributed by atoms with Crippen molar-refractivity contribution < 1.29 is 4.79 Å². The minimum absolute atomic E-state index is 0.0593. The molecule has 1 rings (SSSR count). The average Bonchev–Trinajstić information content (AvgIpc) is 2.24. The van der Waals surface area contributed by atoms with Crippen molar-refractivity contribution in [2.24, 2.45) is 5.73 Å². The van der Waals surface area contributed by atoms with Gasteiger partial charge >= 0.3 is 0 Å². The molecule has 1 fully saturated rings. The van der Waals surface area contributed by atoms with E-state index in [9.17, 15) is 4.79 Å². The Balaban J connectivity index is 2.40. The maximum atomic E-state index is 11.7. The van der Waals surface area contributed by atoms with E-state index in [-0.39, 0.29) is 18.0 Å². The first-order valence-electron chi connectivity index (χ1n) is 5.53. The van der Waals surface area contributed by atoms with E-state index in [4.69, 9.17) is 5.73 Å². The summed E-state index contributed by atoms with van der Waals surface area (Å²) < 4.78 is 0. The Morgan fingerprint density at radius 2 is 2.53 bits per heavy atom. The number of hydrogen-bond donors (Lipinski definition) is 2. The molecule has 3 N–H and O–H groups in total. The second-order valence-corrected chi connectivity index (χ2v) is 4.11. The Bertz CT molecular complexity index is 230. The zero-order valence-electron chi connectivity index (χ0n) is 9.41. The van der Waals surface area contributed by atoms with Crippen LogP contribution in [0.4, 0.5) is 0 Å². The fourth-order valence-corrected chi connectivity index (χ4v) is 1.88. The molecule has 0 aromatic rings. The number of carbonyl (C=O) groups excluding carboxylic acids is 1. The lowest BCUT2D eigenvalue weighted by Gasteiger charge is -2.34. The number of nitrogens with one attached hydrogen (secondary N) is 1. The third-order valence-electron chi connectivity index (χ3n) is 2.84. The Hall–Kier alpha value is -0.870. The molecule has 1 heterocycles. The van der Waals surface area contributed by atoms with Crippen LogP contribution in [0.2, 0.25) is 0 Å². The predicted molar refractivity (Wildman–Crippen MR) is 61.5 cm³/mol. The Labute approximate surface area is 91.5 Å². The van der Waals surface area contributed by atoms with Gasteiger partial charge in [-0.3, -0.25) is 9.69 Å². The molecule has 1 unspecified atom stereocenters. The van der Waals surface area contributed by atoms with Gasteiger partial charge in [0, 0.05) is 19.1 Å². The van der Waals surface area contributed by atoms with Gasteiger partial charge in [0.25, 0.3) is 0 Å². The fourth-order valence-electron chi connectivity index (χ4n) is 1.88. The van der Waals surface area contributed by atoms with Crippen molar-refractivity contribution in [2.45, 2.75) is 31.8 Å². The summed E-state index contributed by atoms with van der Waals surface area (Å²) in [5, 5.41) is 2.80. The second kappa shape index (κ2) is 5.88. The molecule has 0 aliphatic carbocycles. The maximum absolute atomic E-state index is 11.7. The van der Waals surface area contributed by atoms with Gasteiger partial charge in [-0.2, -0.15) is 0 Å². The van der Waals surface area contributed by atoms with Crippen molar-refractivity contribution in [2.75, 3.05) is 19.6 Å². The summed E-state index contributed by atoms with van der Waals surface area (Å²) in [6.45, 7) is 7.82. The topological polar surface area (TPSA) is 58.4 Å². The van der Waals surface area contributed by atoms with Crippen molar-refractivity contribution >= 4 is 5.91 Å². The summed E-state index contributed by atoms with van der Waals surface area (Å²) in [6.07, 6.45) is 3.84. The molecule has 0 saturated carbocycles. The maximum Gasteiger partial charge on any atom is 0.237 e. The van der Waals surface area contributed by atoms with E-state index in [1.54, 1.807) is 6.08 Å². The van der Waals surface area contributed by atoms with Crippen LogP contribution in [0.3, 0.4) is 0 Å². The molecule has 4 nitrogen and oxygen atoms in total. The zero-order valence-corrected chi connectivity index (χ0v) is 9.41. The highest BCUT2D eigenvalue weighted by molar-refractivity contribution is 5.81. The van der Waals surface area contributed by atoms with Crippen LogP contribution in [0.5, 0.6) is 0 Å². The highest BCUT2D eigenvalue weighted by Gasteiger charge is 2.25.